The van der Waals surface area contributed by atoms with Gasteiger partial charge >= 0.3 is 5.97 Å². The zero-order chi connectivity index (χ0) is 25.5. The summed E-state index contributed by atoms with van der Waals surface area (Å²) in [5, 5.41) is 4.05. The number of aryl methyl sites for hydroxylation is 1. The Labute approximate surface area is 217 Å². The van der Waals surface area contributed by atoms with E-state index in [1.807, 2.05) is 30.3 Å². The summed E-state index contributed by atoms with van der Waals surface area (Å²) in [5.41, 5.74) is 8.06. The molecule has 7 nitrogen and oxygen atoms in total. The van der Waals surface area contributed by atoms with Crippen molar-refractivity contribution in [1.29, 1.82) is 0 Å². The molecule has 0 atom stereocenters. The highest BCUT2D eigenvalue weighted by molar-refractivity contribution is 9.10. The molecular weight excluding hydrogens is 522 g/mol. The van der Waals surface area contributed by atoms with Crippen LogP contribution in [0.5, 0.6) is 5.75 Å². The molecule has 0 aliphatic heterocycles. The molecule has 0 aliphatic carbocycles. The second-order valence-electron chi connectivity index (χ2n) is 7.86. The highest BCUT2D eigenvalue weighted by Crippen LogP contribution is 2.27. The van der Waals surface area contributed by atoms with Crippen LogP contribution in [0.3, 0.4) is 0 Å². The molecule has 1 N–H and O–H groups in total. The van der Waals surface area contributed by atoms with Gasteiger partial charge in [-0.05, 0) is 88.6 Å². The fourth-order valence-corrected chi connectivity index (χ4v) is 4.13. The van der Waals surface area contributed by atoms with E-state index in [1.165, 1.54) is 13.3 Å². The summed E-state index contributed by atoms with van der Waals surface area (Å²) in [6.07, 6.45) is 1.52. The predicted octanol–water partition coefficient (Wildman–Crippen LogP) is 5.53. The Bertz CT molecular complexity index is 1400. The lowest BCUT2D eigenvalue weighted by molar-refractivity contribution is -0.142. The molecule has 0 fully saturated rings. The van der Waals surface area contributed by atoms with E-state index in [9.17, 15) is 9.59 Å². The molecule has 0 radical (unpaired) electrons. The van der Waals surface area contributed by atoms with Gasteiger partial charge in [0.1, 0.15) is 5.75 Å². The second kappa shape index (κ2) is 11.5. The van der Waals surface area contributed by atoms with Gasteiger partial charge in [0.05, 0.1) is 23.5 Å². The van der Waals surface area contributed by atoms with Gasteiger partial charge in [-0.1, -0.05) is 30.3 Å². The third-order valence-corrected chi connectivity index (χ3v) is 6.06. The molecule has 0 unspecified atom stereocenters. The first-order valence-electron chi connectivity index (χ1n) is 11.1. The number of aromatic nitrogens is 1. The molecule has 0 saturated heterocycles. The van der Waals surface area contributed by atoms with Gasteiger partial charge in [0.25, 0.3) is 5.91 Å². The number of benzene rings is 3. The molecule has 3 aromatic carbocycles. The van der Waals surface area contributed by atoms with E-state index in [4.69, 9.17) is 4.74 Å². The molecule has 4 aromatic rings. The number of hydrogen-bond acceptors (Lipinski definition) is 5. The minimum atomic E-state index is -0.469. The van der Waals surface area contributed by atoms with Gasteiger partial charge in [0, 0.05) is 16.9 Å². The smallest absolute Gasteiger partial charge is 0.343 e. The minimum absolute atomic E-state index is 0.186. The fraction of sp³-hybridized carbons (Fsp3) is 0.107. The van der Waals surface area contributed by atoms with Gasteiger partial charge in [-0.15, -0.1) is 0 Å². The molecule has 1 aromatic heterocycles. The average Bonchev–Trinajstić information content (AvgIpc) is 3.29. The van der Waals surface area contributed by atoms with E-state index in [1.54, 1.807) is 30.3 Å². The Morgan fingerprint density at radius 3 is 2.44 bits per heavy atom. The topological polar surface area (TPSA) is 81.9 Å². The highest BCUT2D eigenvalue weighted by atomic mass is 79.9. The molecule has 0 spiro atoms. The van der Waals surface area contributed by atoms with Crippen LogP contribution in [-0.4, -0.2) is 36.4 Å². The van der Waals surface area contributed by atoms with Crippen molar-refractivity contribution in [3.05, 3.63) is 106 Å². The first kappa shape index (κ1) is 24.9. The lowest BCUT2D eigenvalue weighted by Crippen LogP contribution is -2.17. The normalized spacial score (nSPS) is 10.9. The molecule has 36 heavy (non-hydrogen) atoms. The number of carbonyl (C=O) groups excluding carboxylic acids is 2. The number of methoxy groups -OCH3 is 1. The van der Waals surface area contributed by atoms with Gasteiger partial charge in [-0.25, -0.2) is 10.2 Å². The molecular formula is C28H24BrN3O4. The molecule has 182 valence electrons. The van der Waals surface area contributed by atoms with Crippen LogP contribution >= 0.6 is 15.9 Å². The molecule has 0 saturated carbocycles. The molecule has 0 bridgehead atoms. The molecule has 0 aliphatic rings. The van der Waals surface area contributed by atoms with E-state index in [2.05, 4.69) is 67.0 Å². The van der Waals surface area contributed by atoms with Gasteiger partial charge < -0.3 is 14.0 Å². The van der Waals surface area contributed by atoms with Crippen molar-refractivity contribution in [2.45, 2.75) is 6.92 Å². The van der Waals surface area contributed by atoms with Crippen molar-refractivity contribution in [3.8, 4) is 22.7 Å². The van der Waals surface area contributed by atoms with Crippen LogP contribution in [0.15, 0.2) is 94.5 Å². The highest BCUT2D eigenvalue weighted by Gasteiger charge is 2.11. The van der Waals surface area contributed by atoms with Crippen molar-refractivity contribution in [2.24, 2.45) is 5.10 Å². The zero-order valence-corrected chi connectivity index (χ0v) is 21.4. The second-order valence-corrected chi connectivity index (χ2v) is 8.72. The quantitative estimate of drug-likeness (QED) is 0.179. The number of carbonyl (C=O) groups is 2. The Balaban J connectivity index is 1.41. The van der Waals surface area contributed by atoms with Gasteiger partial charge in [0.2, 0.25) is 0 Å². The molecule has 1 amide bonds. The first-order valence-corrected chi connectivity index (χ1v) is 11.9. The van der Waals surface area contributed by atoms with Crippen LogP contribution in [0.4, 0.5) is 0 Å². The van der Waals surface area contributed by atoms with E-state index in [0.717, 1.165) is 28.2 Å². The number of hydrogen-bond donors (Lipinski definition) is 1. The maximum Gasteiger partial charge on any atom is 0.343 e. The first-order chi connectivity index (χ1) is 17.5. The standard InChI is InChI=1S/C28H24BrN3O4/c1-19-8-14-25(21-6-4-3-5-7-21)32(19)23-12-10-22(11-13-23)28(34)31-30-17-20-9-15-26(24(29)16-20)36-18-27(33)35-2/h3-17H,18H2,1-2H3,(H,31,34)/b30-17+. The third kappa shape index (κ3) is 5.90. The SMILES string of the molecule is COC(=O)COc1ccc(/C=N/NC(=O)c2ccc(-n3c(C)ccc3-c3ccccc3)cc2)cc1Br. The largest absolute Gasteiger partial charge is 0.481 e. The average molecular weight is 546 g/mol. The van der Waals surface area contributed by atoms with Crippen molar-refractivity contribution in [3.63, 3.8) is 0 Å². The number of hydrazone groups is 1. The van der Waals surface area contributed by atoms with Gasteiger partial charge in [0.15, 0.2) is 6.61 Å². The van der Waals surface area contributed by atoms with E-state index in [0.29, 0.717) is 15.8 Å². The Kier molecular flexibility index (Phi) is 7.97. The van der Waals surface area contributed by atoms with Crippen LogP contribution in [0.1, 0.15) is 21.6 Å². The predicted molar refractivity (Wildman–Crippen MR) is 143 cm³/mol. The van der Waals surface area contributed by atoms with E-state index < -0.39 is 5.97 Å². The molecule has 4 rings (SSSR count). The summed E-state index contributed by atoms with van der Waals surface area (Å²) >= 11 is 3.40. The maximum absolute atomic E-state index is 12.6. The third-order valence-electron chi connectivity index (χ3n) is 5.44. The maximum atomic E-state index is 12.6. The zero-order valence-electron chi connectivity index (χ0n) is 19.8. The summed E-state index contributed by atoms with van der Waals surface area (Å²) in [6.45, 7) is 1.87. The van der Waals surface area contributed by atoms with Crippen LogP contribution in [0.2, 0.25) is 0 Å². The Hall–Kier alpha value is -4.17. The number of amides is 1. The van der Waals surface area contributed by atoms with Crippen LogP contribution in [-0.2, 0) is 9.53 Å². The summed E-state index contributed by atoms with van der Waals surface area (Å²) < 4.78 is 12.7. The van der Waals surface area contributed by atoms with E-state index >= 15 is 0 Å². The number of rotatable bonds is 8. The fourth-order valence-electron chi connectivity index (χ4n) is 3.62. The molecule has 8 heteroatoms. The Morgan fingerprint density at radius 2 is 1.75 bits per heavy atom. The number of halogens is 1. The molecule has 1 heterocycles. The lowest BCUT2D eigenvalue weighted by Gasteiger charge is -2.12. The minimum Gasteiger partial charge on any atom is -0.481 e. The lowest BCUT2D eigenvalue weighted by atomic mass is 10.1. The van der Waals surface area contributed by atoms with Crippen LogP contribution < -0.4 is 10.2 Å². The van der Waals surface area contributed by atoms with Crippen LogP contribution in [0, 0.1) is 6.92 Å². The van der Waals surface area contributed by atoms with Crippen molar-refractivity contribution in [2.75, 3.05) is 13.7 Å². The summed E-state index contributed by atoms with van der Waals surface area (Å²) in [4.78, 5) is 23.8. The Morgan fingerprint density at radius 1 is 1.00 bits per heavy atom. The van der Waals surface area contributed by atoms with E-state index in [-0.39, 0.29) is 12.5 Å². The summed E-state index contributed by atoms with van der Waals surface area (Å²) in [5.74, 6) is -0.291. The van der Waals surface area contributed by atoms with Crippen LogP contribution in [0.25, 0.3) is 16.9 Å². The van der Waals surface area contributed by atoms with Gasteiger partial charge in [-0.2, -0.15) is 5.10 Å². The number of nitrogens with zero attached hydrogens (tertiary/aromatic N) is 2. The van der Waals surface area contributed by atoms with Crippen molar-refractivity contribution < 1.29 is 19.1 Å². The number of nitrogens with one attached hydrogen (secondary N) is 1. The van der Waals surface area contributed by atoms with Crippen molar-refractivity contribution >= 4 is 34.0 Å². The summed E-state index contributed by atoms with van der Waals surface area (Å²) in [6, 6.07) is 27.0. The number of ether oxygens (including phenoxy) is 2. The van der Waals surface area contributed by atoms with Crippen molar-refractivity contribution in [1.82, 2.24) is 9.99 Å². The van der Waals surface area contributed by atoms with Gasteiger partial charge in [-0.3, -0.25) is 4.79 Å². The monoisotopic (exact) mass is 545 g/mol. The number of esters is 1. The summed E-state index contributed by atoms with van der Waals surface area (Å²) in [7, 11) is 1.30.